The summed E-state index contributed by atoms with van der Waals surface area (Å²) in [6.07, 6.45) is 3.54. The van der Waals surface area contributed by atoms with Crippen molar-refractivity contribution in [2.45, 2.75) is 46.1 Å². The summed E-state index contributed by atoms with van der Waals surface area (Å²) in [5.74, 6) is 0.598. The first-order chi connectivity index (χ1) is 7.86. The molecule has 1 saturated heterocycles. The van der Waals surface area contributed by atoms with Gasteiger partial charge in [0.2, 0.25) is 5.91 Å². The van der Waals surface area contributed by atoms with Gasteiger partial charge in [-0.2, -0.15) is 0 Å². The van der Waals surface area contributed by atoms with Gasteiger partial charge in [-0.1, -0.05) is 20.8 Å². The second kappa shape index (κ2) is 3.03. The maximum Gasteiger partial charge on any atom is 0.324 e. The van der Waals surface area contributed by atoms with E-state index in [0.29, 0.717) is 5.92 Å². The molecule has 0 radical (unpaired) electrons. The molecule has 0 spiro atoms. The molecule has 2 bridgehead atoms. The summed E-state index contributed by atoms with van der Waals surface area (Å²) in [4.78, 5) is 25.3. The van der Waals surface area contributed by atoms with Crippen LogP contribution < -0.4 is 5.32 Å². The Morgan fingerprint density at radius 2 is 2.00 bits per heavy atom. The minimum atomic E-state index is -0.193. The minimum absolute atomic E-state index is 0.0538. The van der Waals surface area contributed by atoms with Crippen molar-refractivity contribution >= 4 is 11.9 Å². The average Bonchev–Trinajstić information content (AvgIpc) is 2.81. The van der Waals surface area contributed by atoms with E-state index >= 15 is 0 Å². The molecular formula is C13H20N2O2. The first-order valence-electron chi connectivity index (χ1n) is 6.46. The highest BCUT2D eigenvalue weighted by Crippen LogP contribution is 2.64. The van der Waals surface area contributed by atoms with E-state index in [1.165, 1.54) is 11.3 Å². The smallest absolute Gasteiger partial charge is 0.324 e. The molecule has 0 aromatic carbocycles. The number of fused-ring (bicyclic) bond motifs is 2. The third-order valence-corrected chi connectivity index (χ3v) is 5.33. The molecule has 1 heterocycles. The van der Waals surface area contributed by atoms with Crippen molar-refractivity contribution in [3.05, 3.63) is 0 Å². The second-order valence-electron chi connectivity index (χ2n) is 6.74. The van der Waals surface area contributed by atoms with E-state index in [-0.39, 0.29) is 35.4 Å². The lowest BCUT2D eigenvalue weighted by molar-refractivity contribution is -0.131. The zero-order valence-electron chi connectivity index (χ0n) is 10.7. The molecule has 17 heavy (non-hydrogen) atoms. The average molecular weight is 236 g/mol. The highest BCUT2D eigenvalue weighted by atomic mass is 16.2. The Morgan fingerprint density at radius 3 is 2.47 bits per heavy atom. The number of carbonyl (C=O) groups excluding carboxylic acids is 2. The first-order valence-corrected chi connectivity index (χ1v) is 6.46. The van der Waals surface area contributed by atoms with E-state index in [2.05, 4.69) is 26.1 Å². The van der Waals surface area contributed by atoms with Gasteiger partial charge >= 0.3 is 6.03 Å². The van der Waals surface area contributed by atoms with Crippen LogP contribution in [-0.4, -0.2) is 29.4 Å². The highest BCUT2D eigenvalue weighted by molar-refractivity contribution is 6.02. The third-order valence-electron chi connectivity index (χ3n) is 5.33. The Balaban J connectivity index is 2.02. The molecule has 1 aliphatic heterocycles. The number of nitrogens with zero attached hydrogens (tertiary/aromatic N) is 1. The summed E-state index contributed by atoms with van der Waals surface area (Å²) in [6, 6.07) is -0.120. The maximum atomic E-state index is 11.9. The van der Waals surface area contributed by atoms with E-state index in [4.69, 9.17) is 0 Å². The Labute approximate surface area is 102 Å². The van der Waals surface area contributed by atoms with Crippen molar-refractivity contribution < 1.29 is 9.59 Å². The molecule has 2 saturated carbocycles. The van der Waals surface area contributed by atoms with Gasteiger partial charge in [0.15, 0.2) is 0 Å². The van der Waals surface area contributed by atoms with E-state index in [0.717, 1.165) is 12.8 Å². The lowest BCUT2D eigenvalue weighted by atomic mass is 9.67. The predicted molar refractivity (Wildman–Crippen MR) is 63.3 cm³/mol. The standard InChI is InChI=1S/C13H20N2O2/c1-12(2)8-4-5-13(3,6-8)10(12)15-9(16)7-14-11(15)17/h8,10H,4-7H2,1-3H3,(H,14,17). The number of urea groups is 1. The van der Waals surface area contributed by atoms with E-state index in [9.17, 15) is 9.59 Å². The summed E-state index contributed by atoms with van der Waals surface area (Å²) in [5, 5.41) is 2.65. The number of nitrogens with one attached hydrogen (secondary N) is 1. The molecule has 2 aliphatic carbocycles. The molecule has 1 N–H and O–H groups in total. The summed E-state index contributed by atoms with van der Waals surface area (Å²) in [6.45, 7) is 6.84. The van der Waals surface area contributed by atoms with Crippen molar-refractivity contribution in [1.82, 2.24) is 10.2 Å². The number of rotatable bonds is 1. The van der Waals surface area contributed by atoms with Gasteiger partial charge in [0.25, 0.3) is 0 Å². The van der Waals surface area contributed by atoms with Crippen LogP contribution in [0.1, 0.15) is 40.0 Å². The molecule has 3 unspecified atom stereocenters. The van der Waals surface area contributed by atoms with Crippen LogP contribution in [0.2, 0.25) is 0 Å². The van der Waals surface area contributed by atoms with Crippen LogP contribution in [0.5, 0.6) is 0 Å². The van der Waals surface area contributed by atoms with Crippen LogP contribution in [0.3, 0.4) is 0 Å². The molecule has 3 aliphatic rings. The van der Waals surface area contributed by atoms with Gasteiger partial charge in [-0.15, -0.1) is 0 Å². The summed E-state index contributed by atoms with van der Waals surface area (Å²) in [7, 11) is 0. The molecule has 0 aromatic heterocycles. The van der Waals surface area contributed by atoms with Crippen molar-refractivity contribution in [3.8, 4) is 0 Å². The lowest BCUT2D eigenvalue weighted by Gasteiger charge is -2.46. The van der Waals surface area contributed by atoms with Gasteiger partial charge in [0.1, 0.15) is 0 Å². The van der Waals surface area contributed by atoms with Gasteiger partial charge in [0, 0.05) is 0 Å². The van der Waals surface area contributed by atoms with E-state index in [1.54, 1.807) is 0 Å². The molecule has 3 atom stereocenters. The van der Waals surface area contributed by atoms with Gasteiger partial charge < -0.3 is 5.32 Å². The van der Waals surface area contributed by atoms with Crippen LogP contribution in [0.15, 0.2) is 0 Å². The zero-order chi connectivity index (χ0) is 12.4. The number of amides is 3. The topological polar surface area (TPSA) is 49.4 Å². The molecule has 94 valence electrons. The fourth-order valence-corrected chi connectivity index (χ4v) is 4.62. The van der Waals surface area contributed by atoms with Crippen molar-refractivity contribution in [3.63, 3.8) is 0 Å². The molecule has 3 amide bonds. The van der Waals surface area contributed by atoms with Crippen molar-refractivity contribution in [1.29, 1.82) is 0 Å². The quantitative estimate of drug-likeness (QED) is 0.705. The summed E-state index contributed by atoms with van der Waals surface area (Å²) < 4.78 is 0. The van der Waals surface area contributed by atoms with Crippen LogP contribution in [0.25, 0.3) is 0 Å². The normalized spacial score (nSPS) is 43.4. The number of hydrogen-bond donors (Lipinski definition) is 1. The Hall–Kier alpha value is -1.06. The first kappa shape index (κ1) is 11.1. The van der Waals surface area contributed by atoms with E-state index < -0.39 is 0 Å². The van der Waals surface area contributed by atoms with Gasteiger partial charge in [0.05, 0.1) is 12.6 Å². The molecule has 4 nitrogen and oxygen atoms in total. The lowest BCUT2D eigenvalue weighted by Crippen LogP contribution is -2.55. The third kappa shape index (κ3) is 1.24. The number of hydrogen-bond acceptors (Lipinski definition) is 2. The second-order valence-corrected chi connectivity index (χ2v) is 6.74. The monoisotopic (exact) mass is 236 g/mol. The Morgan fingerprint density at radius 1 is 1.29 bits per heavy atom. The predicted octanol–water partition coefficient (Wildman–Crippen LogP) is 1.75. The Bertz CT molecular complexity index is 383. The van der Waals surface area contributed by atoms with Crippen molar-refractivity contribution in [2.75, 3.05) is 6.54 Å². The van der Waals surface area contributed by atoms with Crippen LogP contribution in [0, 0.1) is 16.7 Å². The van der Waals surface area contributed by atoms with Gasteiger partial charge in [-0.05, 0) is 36.0 Å². The fourth-order valence-electron chi connectivity index (χ4n) is 4.62. The summed E-state index contributed by atoms with van der Waals surface area (Å²) in [5.41, 5.74) is 0.190. The van der Waals surface area contributed by atoms with Crippen LogP contribution in [-0.2, 0) is 4.79 Å². The minimum Gasteiger partial charge on any atom is -0.329 e. The maximum absolute atomic E-state index is 11.9. The number of imide groups is 1. The summed E-state index contributed by atoms with van der Waals surface area (Å²) >= 11 is 0. The number of carbonyl (C=O) groups is 2. The van der Waals surface area contributed by atoms with E-state index in [1.807, 2.05) is 0 Å². The van der Waals surface area contributed by atoms with Crippen LogP contribution in [0.4, 0.5) is 4.79 Å². The Kier molecular flexibility index (Phi) is 1.97. The molecular weight excluding hydrogens is 216 g/mol. The molecule has 4 heteroatoms. The van der Waals surface area contributed by atoms with Gasteiger partial charge in [-0.3, -0.25) is 9.69 Å². The zero-order valence-corrected chi connectivity index (χ0v) is 10.7. The largest absolute Gasteiger partial charge is 0.329 e. The van der Waals surface area contributed by atoms with Crippen LogP contribution >= 0.6 is 0 Å². The molecule has 3 fully saturated rings. The molecule has 0 aromatic rings. The van der Waals surface area contributed by atoms with Gasteiger partial charge in [-0.25, -0.2) is 4.79 Å². The highest BCUT2D eigenvalue weighted by Gasteiger charge is 2.63. The van der Waals surface area contributed by atoms with Crippen molar-refractivity contribution in [2.24, 2.45) is 16.7 Å². The molecule has 3 rings (SSSR count). The SMILES string of the molecule is CC12CCC(C1)C(C)(C)C2N1C(=O)CNC1=O. The fraction of sp³-hybridized carbons (Fsp3) is 0.846.